The number of rotatable bonds is 6. The van der Waals surface area contributed by atoms with Gasteiger partial charge >= 0.3 is 6.36 Å². The Hall–Kier alpha value is -3.08. The van der Waals surface area contributed by atoms with Crippen molar-refractivity contribution in [3.05, 3.63) is 88.7 Å². The van der Waals surface area contributed by atoms with Gasteiger partial charge in [0, 0.05) is 5.56 Å². The van der Waals surface area contributed by atoms with Gasteiger partial charge in [0.15, 0.2) is 0 Å². The number of benzene rings is 3. The van der Waals surface area contributed by atoms with Crippen LogP contribution in [0.15, 0.2) is 60.7 Å². The smallest absolute Gasteiger partial charge is 0.406 e. The van der Waals surface area contributed by atoms with Crippen LogP contribution >= 0.6 is 0 Å². The van der Waals surface area contributed by atoms with Crippen molar-refractivity contribution >= 4 is 11.6 Å². The molecule has 0 aromatic heterocycles. The Morgan fingerprint density at radius 3 is 2.22 bits per heavy atom. The number of fused-ring (bicyclic) bond motifs is 1. The molecule has 0 fully saturated rings. The summed E-state index contributed by atoms with van der Waals surface area (Å²) in [6.45, 7) is 2.18. The molecule has 3 aromatic rings. The number of unbranched alkanes of at least 4 members (excludes halogenated alkanes) is 1. The van der Waals surface area contributed by atoms with Gasteiger partial charge in [-0.3, -0.25) is 0 Å². The minimum absolute atomic E-state index is 0.326. The first kappa shape index (κ1) is 22.1. The van der Waals surface area contributed by atoms with E-state index < -0.39 is 12.2 Å². The Labute approximate surface area is 185 Å². The predicted molar refractivity (Wildman–Crippen MR) is 120 cm³/mol. The van der Waals surface area contributed by atoms with Crippen LogP contribution in [0.2, 0.25) is 0 Å². The topological polar surface area (TPSA) is 9.23 Å². The molecule has 0 aliphatic heterocycles. The highest BCUT2D eigenvalue weighted by Gasteiger charge is 2.31. The molecule has 0 radical (unpaired) electrons. The number of hydrogen-bond acceptors (Lipinski definition) is 1. The zero-order valence-electron chi connectivity index (χ0n) is 17.8. The van der Waals surface area contributed by atoms with Gasteiger partial charge in [0.2, 0.25) is 0 Å². The maximum absolute atomic E-state index is 14.9. The lowest BCUT2D eigenvalue weighted by Gasteiger charge is -2.19. The first-order valence-electron chi connectivity index (χ1n) is 10.8. The maximum atomic E-state index is 14.9. The average Bonchev–Trinajstić information content (AvgIpc) is 2.77. The van der Waals surface area contributed by atoms with Crippen molar-refractivity contribution in [1.82, 2.24) is 0 Å². The van der Waals surface area contributed by atoms with E-state index in [2.05, 4.69) is 35.9 Å². The summed E-state index contributed by atoms with van der Waals surface area (Å²) >= 11 is 0. The minimum atomic E-state index is -4.75. The molecule has 0 saturated carbocycles. The molecule has 0 spiro atoms. The summed E-state index contributed by atoms with van der Waals surface area (Å²) in [5.74, 6) is -0.728. The Bertz CT molecular complexity index is 1110. The van der Waals surface area contributed by atoms with Gasteiger partial charge < -0.3 is 4.74 Å². The zero-order chi connectivity index (χ0) is 22.7. The van der Waals surface area contributed by atoms with Crippen molar-refractivity contribution in [2.24, 2.45) is 0 Å². The lowest BCUT2D eigenvalue weighted by Crippen LogP contribution is -2.16. The summed E-state index contributed by atoms with van der Waals surface area (Å²) in [4.78, 5) is 0. The third-order valence-electron chi connectivity index (χ3n) is 5.76. The number of ether oxygens (including phenoxy) is 1. The summed E-state index contributed by atoms with van der Waals surface area (Å²) in [5, 5.41) is 0. The van der Waals surface area contributed by atoms with Gasteiger partial charge in [-0.1, -0.05) is 55.8 Å². The number of allylic oxidation sites excluding steroid dienone is 1. The number of aryl methyl sites for hydroxylation is 2. The predicted octanol–water partition coefficient (Wildman–Crippen LogP) is 8.22. The van der Waals surface area contributed by atoms with Crippen LogP contribution in [0.3, 0.4) is 0 Å². The van der Waals surface area contributed by atoms with E-state index in [0.29, 0.717) is 11.1 Å². The summed E-state index contributed by atoms with van der Waals surface area (Å²) in [5.41, 5.74) is 6.42. The van der Waals surface area contributed by atoms with Crippen molar-refractivity contribution in [2.45, 2.75) is 45.4 Å². The number of hydrogen-bond donors (Lipinski definition) is 0. The van der Waals surface area contributed by atoms with E-state index in [-0.39, 0.29) is 5.75 Å². The number of halogens is 4. The molecule has 166 valence electrons. The Morgan fingerprint density at radius 1 is 0.875 bits per heavy atom. The van der Waals surface area contributed by atoms with Crippen molar-refractivity contribution in [2.75, 3.05) is 0 Å². The van der Waals surface area contributed by atoms with E-state index in [1.54, 1.807) is 6.07 Å². The molecule has 1 nitrogen and oxygen atoms in total. The molecule has 0 bridgehead atoms. The fourth-order valence-corrected chi connectivity index (χ4v) is 4.07. The molecule has 5 heteroatoms. The Balaban J connectivity index is 1.56. The second-order valence-electron chi connectivity index (χ2n) is 8.07. The van der Waals surface area contributed by atoms with Gasteiger partial charge in [0.25, 0.3) is 0 Å². The van der Waals surface area contributed by atoms with E-state index in [9.17, 15) is 17.6 Å². The van der Waals surface area contributed by atoms with Crippen LogP contribution < -0.4 is 4.74 Å². The zero-order valence-corrected chi connectivity index (χ0v) is 17.8. The second kappa shape index (κ2) is 9.19. The largest absolute Gasteiger partial charge is 0.573 e. The van der Waals surface area contributed by atoms with E-state index in [4.69, 9.17) is 0 Å². The molecule has 0 unspecified atom stereocenters. The highest BCUT2D eigenvalue weighted by molar-refractivity contribution is 5.85. The van der Waals surface area contributed by atoms with Crippen molar-refractivity contribution in [3.8, 4) is 16.9 Å². The Morgan fingerprint density at radius 2 is 1.56 bits per heavy atom. The third kappa shape index (κ3) is 5.21. The van der Waals surface area contributed by atoms with Gasteiger partial charge in [-0.2, -0.15) is 0 Å². The number of alkyl halides is 3. The van der Waals surface area contributed by atoms with Crippen LogP contribution in [0.1, 0.15) is 48.4 Å². The molecule has 0 N–H and O–H groups in total. The lowest BCUT2D eigenvalue weighted by atomic mass is 9.86. The highest BCUT2D eigenvalue weighted by atomic mass is 19.4. The molecule has 0 amide bonds. The van der Waals surface area contributed by atoms with Crippen LogP contribution in [-0.4, -0.2) is 6.36 Å². The first-order chi connectivity index (χ1) is 15.3. The quantitative estimate of drug-likeness (QED) is 0.351. The Kier molecular flexibility index (Phi) is 6.35. The molecule has 1 aliphatic rings. The van der Waals surface area contributed by atoms with Crippen LogP contribution in [0.25, 0.3) is 22.8 Å². The molecule has 1 aliphatic carbocycles. The third-order valence-corrected chi connectivity index (χ3v) is 5.76. The molecular formula is C27H24F4O. The molecule has 0 atom stereocenters. The van der Waals surface area contributed by atoms with Crippen LogP contribution in [0.4, 0.5) is 17.6 Å². The fraction of sp³-hybridized carbons (Fsp3) is 0.259. The fourth-order valence-electron chi connectivity index (χ4n) is 4.07. The van der Waals surface area contributed by atoms with Crippen molar-refractivity contribution in [3.63, 3.8) is 0 Å². The molecule has 4 rings (SSSR count). The van der Waals surface area contributed by atoms with E-state index in [1.807, 2.05) is 6.08 Å². The molecule has 0 saturated heterocycles. The average molecular weight is 440 g/mol. The summed E-state index contributed by atoms with van der Waals surface area (Å²) < 4.78 is 55.8. The summed E-state index contributed by atoms with van der Waals surface area (Å²) in [6, 6.07) is 17.2. The van der Waals surface area contributed by atoms with Crippen LogP contribution in [0, 0.1) is 5.82 Å². The monoisotopic (exact) mass is 440 g/mol. The maximum Gasteiger partial charge on any atom is 0.573 e. The van der Waals surface area contributed by atoms with E-state index in [1.165, 1.54) is 54.3 Å². The van der Waals surface area contributed by atoms with Gasteiger partial charge in [0.05, 0.1) is 0 Å². The van der Waals surface area contributed by atoms with Crippen molar-refractivity contribution < 1.29 is 22.3 Å². The molecule has 32 heavy (non-hydrogen) atoms. The minimum Gasteiger partial charge on any atom is -0.406 e. The lowest BCUT2D eigenvalue weighted by molar-refractivity contribution is -0.274. The standard InChI is InChI=1S/C27H24F4O/c1-2-3-4-18-5-7-19(8-6-18)21-9-10-22-16-25(26(28)17-23(22)15-21)20-11-13-24(14-12-20)32-27(29,30)31/h5-8,11-17H,2-4,9-10H2,1H3. The van der Waals surface area contributed by atoms with Gasteiger partial charge in [-0.05, 0) is 83.3 Å². The second-order valence-corrected chi connectivity index (χ2v) is 8.07. The van der Waals surface area contributed by atoms with Gasteiger partial charge in [0.1, 0.15) is 11.6 Å². The summed E-state index contributed by atoms with van der Waals surface area (Å²) in [7, 11) is 0. The van der Waals surface area contributed by atoms with Crippen LogP contribution in [-0.2, 0) is 12.8 Å². The van der Waals surface area contributed by atoms with E-state index >= 15 is 0 Å². The van der Waals surface area contributed by atoms with Crippen molar-refractivity contribution in [1.29, 1.82) is 0 Å². The van der Waals surface area contributed by atoms with Gasteiger partial charge in [-0.25, -0.2) is 4.39 Å². The van der Waals surface area contributed by atoms with Crippen LogP contribution in [0.5, 0.6) is 5.75 Å². The van der Waals surface area contributed by atoms with Gasteiger partial charge in [-0.15, -0.1) is 13.2 Å². The molecule has 3 aromatic carbocycles. The first-order valence-corrected chi connectivity index (χ1v) is 10.8. The normalized spacial score (nSPS) is 13.5. The summed E-state index contributed by atoms with van der Waals surface area (Å²) in [6.07, 6.45) is 2.34. The highest BCUT2D eigenvalue weighted by Crippen LogP contribution is 2.35. The molecular weight excluding hydrogens is 416 g/mol. The van der Waals surface area contributed by atoms with E-state index in [0.717, 1.165) is 36.0 Å². The SMILES string of the molecule is CCCCc1ccc(C2=Cc3cc(F)c(-c4ccc(OC(F)(F)F)cc4)cc3CC2)cc1. The molecule has 0 heterocycles.